The molecule has 0 aromatic carbocycles. The number of rotatable bonds is 43. The summed E-state index contributed by atoms with van der Waals surface area (Å²) in [6, 6.07) is 0. The highest BCUT2D eigenvalue weighted by Gasteiger charge is 2.17. The first-order valence-electron chi connectivity index (χ1n) is 23.5. The maximum atomic E-state index is 12.6. The zero-order chi connectivity index (χ0) is 39.3. The van der Waals surface area contributed by atoms with E-state index in [1.165, 1.54) is 148 Å². The molecule has 0 saturated heterocycles. The molecule has 0 aliphatic rings. The lowest BCUT2D eigenvalue weighted by molar-refractivity contribution is -0.163. The number of hydrogen-bond donors (Lipinski definition) is 0. The third kappa shape index (κ3) is 42.9. The molecule has 54 heavy (non-hydrogen) atoms. The normalized spacial score (nSPS) is 12.4. The predicted octanol–water partition coefficient (Wildman–Crippen LogP) is 15.4. The van der Waals surface area contributed by atoms with E-state index in [-0.39, 0.29) is 25.2 Å². The fourth-order valence-electron chi connectivity index (χ4n) is 6.59. The molecule has 1 atom stereocenters. The summed E-state index contributed by atoms with van der Waals surface area (Å²) in [4.78, 5) is 25.1. The van der Waals surface area contributed by atoms with E-state index in [9.17, 15) is 9.59 Å². The van der Waals surface area contributed by atoms with Gasteiger partial charge in [0.05, 0.1) is 6.61 Å². The Bertz CT molecular complexity index is 862. The lowest BCUT2D eigenvalue weighted by Gasteiger charge is -2.18. The Kier molecular flexibility index (Phi) is 43.9. The Morgan fingerprint density at radius 1 is 0.407 bits per heavy atom. The lowest BCUT2D eigenvalue weighted by Crippen LogP contribution is -2.30. The van der Waals surface area contributed by atoms with Crippen molar-refractivity contribution in [1.82, 2.24) is 0 Å². The summed E-state index contributed by atoms with van der Waals surface area (Å²) in [5.41, 5.74) is 0. The number of carbonyl (C=O) groups excluding carboxylic acids is 2. The summed E-state index contributed by atoms with van der Waals surface area (Å²) in [5, 5.41) is 0. The Morgan fingerprint density at radius 2 is 0.778 bits per heavy atom. The largest absolute Gasteiger partial charge is 0.462 e. The van der Waals surface area contributed by atoms with E-state index in [4.69, 9.17) is 14.2 Å². The van der Waals surface area contributed by atoms with Crippen molar-refractivity contribution in [2.75, 3.05) is 19.8 Å². The molecule has 0 N–H and O–H groups in total. The van der Waals surface area contributed by atoms with Crippen LogP contribution in [0.3, 0.4) is 0 Å². The molecule has 0 aliphatic heterocycles. The first-order chi connectivity index (χ1) is 26.6. The van der Waals surface area contributed by atoms with E-state index in [1.54, 1.807) is 0 Å². The highest BCUT2D eigenvalue weighted by atomic mass is 16.6. The van der Waals surface area contributed by atoms with Gasteiger partial charge in [0.2, 0.25) is 0 Å². The molecule has 0 saturated carbocycles. The molecule has 0 rings (SSSR count). The summed E-state index contributed by atoms with van der Waals surface area (Å²) in [7, 11) is 0. The van der Waals surface area contributed by atoms with Crippen LogP contribution in [0.15, 0.2) is 36.5 Å². The molecule has 316 valence electrons. The summed E-state index contributed by atoms with van der Waals surface area (Å²) in [6.07, 6.45) is 52.9. The molecule has 0 spiro atoms. The second-order valence-electron chi connectivity index (χ2n) is 15.7. The fraction of sp³-hybridized carbons (Fsp3) is 0.837. The number of hydrogen-bond acceptors (Lipinski definition) is 5. The van der Waals surface area contributed by atoms with Gasteiger partial charge in [-0.1, -0.05) is 186 Å². The van der Waals surface area contributed by atoms with Crippen LogP contribution in [-0.4, -0.2) is 37.9 Å². The van der Waals surface area contributed by atoms with Crippen LogP contribution in [0.4, 0.5) is 0 Å². The third-order valence-electron chi connectivity index (χ3n) is 10.1. The Balaban J connectivity index is 4.16. The van der Waals surface area contributed by atoms with Gasteiger partial charge in [0, 0.05) is 19.4 Å². The quantitative estimate of drug-likeness (QED) is 0.0352. The zero-order valence-corrected chi connectivity index (χ0v) is 36.2. The highest BCUT2D eigenvalue weighted by Crippen LogP contribution is 2.13. The van der Waals surface area contributed by atoms with Crippen LogP contribution in [0, 0.1) is 0 Å². The van der Waals surface area contributed by atoms with Crippen molar-refractivity contribution < 1.29 is 23.8 Å². The summed E-state index contributed by atoms with van der Waals surface area (Å²) < 4.78 is 17.3. The van der Waals surface area contributed by atoms with E-state index in [0.717, 1.165) is 57.8 Å². The molecule has 0 fully saturated rings. The molecule has 5 heteroatoms. The van der Waals surface area contributed by atoms with E-state index in [0.29, 0.717) is 19.4 Å². The number of carbonyl (C=O) groups is 2. The Morgan fingerprint density at radius 3 is 1.28 bits per heavy atom. The van der Waals surface area contributed by atoms with Gasteiger partial charge in [0.1, 0.15) is 6.61 Å². The number of unbranched alkanes of at least 4 members (excludes halogenated alkanes) is 26. The van der Waals surface area contributed by atoms with Crippen molar-refractivity contribution in [2.45, 2.75) is 245 Å². The molecular weight excluding hydrogens is 669 g/mol. The average Bonchev–Trinajstić information content (AvgIpc) is 3.17. The zero-order valence-electron chi connectivity index (χ0n) is 36.2. The van der Waals surface area contributed by atoms with E-state index >= 15 is 0 Å². The van der Waals surface area contributed by atoms with Crippen LogP contribution in [-0.2, 0) is 23.8 Å². The second-order valence-corrected chi connectivity index (χ2v) is 15.7. The van der Waals surface area contributed by atoms with Crippen LogP contribution in [0.2, 0.25) is 0 Å². The van der Waals surface area contributed by atoms with Crippen molar-refractivity contribution in [3.63, 3.8) is 0 Å². The molecule has 0 amide bonds. The predicted molar refractivity (Wildman–Crippen MR) is 233 cm³/mol. The van der Waals surface area contributed by atoms with Crippen LogP contribution < -0.4 is 0 Å². The SMILES string of the molecule is CCCCC/C=C\C/C=C\CCCCCCCCOCC(COC(=O)CCCCCCC/C=C\CCCCCCCC)OC(=O)CCCCCCCCC. The van der Waals surface area contributed by atoms with Crippen LogP contribution in [0.25, 0.3) is 0 Å². The van der Waals surface area contributed by atoms with Crippen molar-refractivity contribution in [1.29, 1.82) is 0 Å². The van der Waals surface area contributed by atoms with Gasteiger partial charge in [-0.05, 0) is 77.0 Å². The van der Waals surface area contributed by atoms with Crippen LogP contribution >= 0.6 is 0 Å². The number of allylic oxidation sites excluding steroid dienone is 6. The second kappa shape index (κ2) is 45.5. The van der Waals surface area contributed by atoms with Gasteiger partial charge in [-0.15, -0.1) is 0 Å². The standard InChI is InChI=1S/C49H90O5/c1-4-7-10-13-16-18-20-22-24-26-28-30-32-35-38-41-44-52-45-47(54-49(51)43-40-37-33-15-12-9-6-3)46-53-48(50)42-39-36-34-31-29-27-25-23-21-19-17-14-11-8-5-2/h16,18,22-25,47H,4-15,17,19-21,26-46H2,1-3H3/b18-16-,24-22-,25-23-. The van der Waals surface area contributed by atoms with Crippen molar-refractivity contribution >= 4 is 11.9 Å². The Labute approximate surface area is 336 Å². The van der Waals surface area contributed by atoms with E-state index < -0.39 is 6.10 Å². The minimum Gasteiger partial charge on any atom is -0.462 e. The average molecular weight is 759 g/mol. The highest BCUT2D eigenvalue weighted by molar-refractivity contribution is 5.70. The van der Waals surface area contributed by atoms with Gasteiger partial charge in [0.25, 0.3) is 0 Å². The first-order valence-corrected chi connectivity index (χ1v) is 23.5. The molecule has 0 bridgehead atoms. The minimum absolute atomic E-state index is 0.0797. The van der Waals surface area contributed by atoms with E-state index in [2.05, 4.69) is 57.2 Å². The first kappa shape index (κ1) is 52.1. The number of esters is 2. The molecular formula is C49H90O5. The van der Waals surface area contributed by atoms with Crippen molar-refractivity contribution in [3.05, 3.63) is 36.5 Å². The summed E-state index contributed by atoms with van der Waals surface area (Å²) in [5.74, 6) is -0.412. The molecule has 0 aliphatic carbocycles. The summed E-state index contributed by atoms with van der Waals surface area (Å²) >= 11 is 0. The Hall–Kier alpha value is -1.88. The van der Waals surface area contributed by atoms with Gasteiger partial charge in [-0.3, -0.25) is 9.59 Å². The molecule has 0 radical (unpaired) electrons. The number of ether oxygens (including phenoxy) is 3. The minimum atomic E-state index is -0.537. The molecule has 5 nitrogen and oxygen atoms in total. The van der Waals surface area contributed by atoms with Crippen molar-refractivity contribution in [2.24, 2.45) is 0 Å². The fourth-order valence-corrected chi connectivity index (χ4v) is 6.59. The topological polar surface area (TPSA) is 61.8 Å². The van der Waals surface area contributed by atoms with Crippen LogP contribution in [0.1, 0.15) is 239 Å². The molecule has 0 aromatic rings. The third-order valence-corrected chi connectivity index (χ3v) is 10.1. The maximum Gasteiger partial charge on any atom is 0.306 e. The van der Waals surface area contributed by atoms with Gasteiger partial charge < -0.3 is 14.2 Å². The van der Waals surface area contributed by atoms with Gasteiger partial charge >= 0.3 is 11.9 Å². The van der Waals surface area contributed by atoms with Gasteiger partial charge in [-0.25, -0.2) is 0 Å². The van der Waals surface area contributed by atoms with Gasteiger partial charge in [-0.2, -0.15) is 0 Å². The van der Waals surface area contributed by atoms with Gasteiger partial charge in [0.15, 0.2) is 6.10 Å². The van der Waals surface area contributed by atoms with E-state index in [1.807, 2.05) is 0 Å². The van der Waals surface area contributed by atoms with Crippen molar-refractivity contribution in [3.8, 4) is 0 Å². The van der Waals surface area contributed by atoms with Crippen LogP contribution in [0.5, 0.6) is 0 Å². The molecule has 0 aromatic heterocycles. The summed E-state index contributed by atoms with van der Waals surface area (Å²) in [6.45, 7) is 7.75. The molecule has 1 unspecified atom stereocenters. The molecule has 0 heterocycles. The monoisotopic (exact) mass is 759 g/mol. The smallest absolute Gasteiger partial charge is 0.306 e. The maximum absolute atomic E-state index is 12.6. The lowest BCUT2D eigenvalue weighted by atomic mass is 10.1.